The molecule has 0 unspecified atom stereocenters. The molecule has 0 atom stereocenters. The molecule has 26 heavy (non-hydrogen) atoms. The standard InChI is InChI=1S/C20H21NO5/c1-23-15-8-9-16-13(11-15)5-4-6-17(16)21-26-20(22)14-7-10-18(24-2)19(12-14)25-3/h7-12H,4-6H2,1-3H3/b21-17+. The van der Waals surface area contributed by atoms with Crippen molar-refractivity contribution in [2.75, 3.05) is 21.3 Å². The fraction of sp³-hybridized carbons (Fsp3) is 0.300. The highest BCUT2D eigenvalue weighted by Gasteiger charge is 2.18. The lowest BCUT2D eigenvalue weighted by molar-refractivity contribution is 0.0515. The predicted octanol–water partition coefficient (Wildman–Crippen LogP) is 3.61. The number of aryl methyl sites for hydroxylation is 1. The molecule has 6 heteroatoms. The van der Waals surface area contributed by atoms with Crippen LogP contribution in [0.15, 0.2) is 41.6 Å². The van der Waals surface area contributed by atoms with Crippen LogP contribution in [0.25, 0.3) is 0 Å². The molecule has 0 aliphatic heterocycles. The van der Waals surface area contributed by atoms with Crippen LogP contribution in [0, 0.1) is 0 Å². The van der Waals surface area contributed by atoms with Gasteiger partial charge >= 0.3 is 5.97 Å². The minimum atomic E-state index is -0.543. The molecular weight excluding hydrogens is 334 g/mol. The number of carbonyl (C=O) groups is 1. The van der Waals surface area contributed by atoms with Crippen molar-refractivity contribution in [2.24, 2.45) is 5.16 Å². The van der Waals surface area contributed by atoms with Gasteiger partial charge in [-0.1, -0.05) is 5.16 Å². The Bertz CT molecular complexity index is 844. The number of oxime groups is 1. The van der Waals surface area contributed by atoms with Crippen LogP contribution in [0.2, 0.25) is 0 Å². The zero-order valence-electron chi connectivity index (χ0n) is 15.1. The molecule has 0 spiro atoms. The van der Waals surface area contributed by atoms with E-state index >= 15 is 0 Å². The van der Waals surface area contributed by atoms with E-state index in [1.807, 2.05) is 18.2 Å². The number of hydrogen-bond donors (Lipinski definition) is 0. The molecule has 0 saturated heterocycles. The van der Waals surface area contributed by atoms with E-state index in [-0.39, 0.29) is 0 Å². The first-order valence-corrected chi connectivity index (χ1v) is 8.33. The van der Waals surface area contributed by atoms with Crippen molar-refractivity contribution in [2.45, 2.75) is 19.3 Å². The van der Waals surface area contributed by atoms with Gasteiger partial charge in [0.15, 0.2) is 11.5 Å². The number of methoxy groups -OCH3 is 3. The molecule has 0 amide bonds. The van der Waals surface area contributed by atoms with Crippen LogP contribution in [0.1, 0.15) is 34.3 Å². The summed E-state index contributed by atoms with van der Waals surface area (Å²) in [5.41, 5.74) is 3.26. The molecule has 0 N–H and O–H groups in total. The molecule has 2 aromatic rings. The Morgan fingerprint density at radius 3 is 2.46 bits per heavy atom. The lowest BCUT2D eigenvalue weighted by Crippen LogP contribution is -2.13. The number of benzene rings is 2. The van der Waals surface area contributed by atoms with Gasteiger partial charge in [0, 0.05) is 5.56 Å². The summed E-state index contributed by atoms with van der Waals surface area (Å²) in [5, 5.41) is 4.11. The molecule has 0 fully saturated rings. The molecule has 2 aromatic carbocycles. The first kappa shape index (κ1) is 17.8. The van der Waals surface area contributed by atoms with Crippen LogP contribution in [-0.4, -0.2) is 33.0 Å². The first-order valence-electron chi connectivity index (χ1n) is 8.33. The minimum absolute atomic E-state index is 0.345. The van der Waals surface area contributed by atoms with Gasteiger partial charge in [-0.25, -0.2) is 4.79 Å². The molecule has 0 aromatic heterocycles. The van der Waals surface area contributed by atoms with Crippen LogP contribution in [0.5, 0.6) is 17.2 Å². The molecule has 1 aliphatic carbocycles. The van der Waals surface area contributed by atoms with Gasteiger partial charge in [0.1, 0.15) is 5.75 Å². The third kappa shape index (κ3) is 3.64. The number of nitrogens with zero attached hydrogens (tertiary/aromatic N) is 1. The SMILES string of the molecule is COc1ccc2c(c1)CCC/C2=N\OC(=O)c1ccc(OC)c(OC)c1. The van der Waals surface area contributed by atoms with Crippen LogP contribution in [0.4, 0.5) is 0 Å². The van der Waals surface area contributed by atoms with Crippen molar-refractivity contribution in [1.29, 1.82) is 0 Å². The summed E-state index contributed by atoms with van der Waals surface area (Å²) < 4.78 is 15.6. The molecule has 136 valence electrons. The van der Waals surface area contributed by atoms with E-state index in [9.17, 15) is 4.79 Å². The van der Waals surface area contributed by atoms with Gasteiger partial charge in [0.25, 0.3) is 0 Å². The quantitative estimate of drug-likeness (QED) is 0.605. The molecule has 1 aliphatic rings. The third-order valence-electron chi connectivity index (χ3n) is 4.34. The third-order valence-corrected chi connectivity index (χ3v) is 4.34. The predicted molar refractivity (Wildman–Crippen MR) is 97.4 cm³/mol. The maximum absolute atomic E-state index is 12.3. The number of rotatable bonds is 5. The zero-order chi connectivity index (χ0) is 18.5. The lowest BCUT2D eigenvalue weighted by Gasteiger charge is -2.18. The molecule has 0 radical (unpaired) electrons. The Kier molecular flexibility index (Phi) is 5.41. The number of fused-ring (bicyclic) bond motifs is 1. The highest BCUT2D eigenvalue weighted by molar-refractivity contribution is 6.03. The fourth-order valence-corrected chi connectivity index (χ4v) is 2.97. The van der Waals surface area contributed by atoms with Gasteiger partial charge in [-0.2, -0.15) is 0 Å². The molecule has 0 bridgehead atoms. The van der Waals surface area contributed by atoms with Crippen LogP contribution < -0.4 is 14.2 Å². The van der Waals surface area contributed by atoms with Crippen LogP contribution in [0.3, 0.4) is 0 Å². The maximum atomic E-state index is 12.3. The Labute approximate surface area is 152 Å². The summed E-state index contributed by atoms with van der Waals surface area (Å²) >= 11 is 0. The topological polar surface area (TPSA) is 66.4 Å². The fourth-order valence-electron chi connectivity index (χ4n) is 2.97. The van der Waals surface area contributed by atoms with Gasteiger partial charge < -0.3 is 19.0 Å². The van der Waals surface area contributed by atoms with Crippen molar-refractivity contribution >= 4 is 11.7 Å². The van der Waals surface area contributed by atoms with Gasteiger partial charge in [0.05, 0.1) is 32.6 Å². The zero-order valence-corrected chi connectivity index (χ0v) is 15.1. The van der Waals surface area contributed by atoms with Gasteiger partial charge in [-0.3, -0.25) is 0 Å². The highest BCUT2D eigenvalue weighted by atomic mass is 16.7. The van der Waals surface area contributed by atoms with Gasteiger partial charge in [-0.15, -0.1) is 0 Å². The number of ether oxygens (including phenoxy) is 3. The van der Waals surface area contributed by atoms with E-state index in [0.29, 0.717) is 17.1 Å². The Balaban J connectivity index is 1.79. The summed E-state index contributed by atoms with van der Waals surface area (Å²) in [6.45, 7) is 0. The average molecular weight is 355 g/mol. The first-order chi connectivity index (χ1) is 12.7. The highest BCUT2D eigenvalue weighted by Crippen LogP contribution is 2.28. The van der Waals surface area contributed by atoms with E-state index < -0.39 is 5.97 Å². The van der Waals surface area contributed by atoms with Crippen molar-refractivity contribution in [3.63, 3.8) is 0 Å². The van der Waals surface area contributed by atoms with Crippen molar-refractivity contribution in [3.05, 3.63) is 53.1 Å². The van der Waals surface area contributed by atoms with Crippen LogP contribution in [-0.2, 0) is 11.3 Å². The van der Waals surface area contributed by atoms with Crippen molar-refractivity contribution in [1.82, 2.24) is 0 Å². The van der Waals surface area contributed by atoms with E-state index in [1.54, 1.807) is 25.3 Å². The normalized spacial score (nSPS) is 14.5. The largest absolute Gasteiger partial charge is 0.497 e. The summed E-state index contributed by atoms with van der Waals surface area (Å²) in [6, 6.07) is 10.7. The summed E-state index contributed by atoms with van der Waals surface area (Å²) in [6.07, 6.45) is 2.67. The summed E-state index contributed by atoms with van der Waals surface area (Å²) in [7, 11) is 4.70. The second-order valence-corrected chi connectivity index (χ2v) is 5.86. The number of carbonyl (C=O) groups excluding carboxylic acids is 1. The summed E-state index contributed by atoms with van der Waals surface area (Å²) in [4.78, 5) is 17.5. The smallest absolute Gasteiger partial charge is 0.365 e. The Morgan fingerprint density at radius 2 is 1.73 bits per heavy atom. The monoisotopic (exact) mass is 355 g/mol. The van der Waals surface area contributed by atoms with Crippen molar-refractivity contribution in [3.8, 4) is 17.2 Å². The van der Waals surface area contributed by atoms with Gasteiger partial charge in [-0.05, 0) is 61.2 Å². The molecule has 3 rings (SSSR count). The summed E-state index contributed by atoms with van der Waals surface area (Å²) in [5.74, 6) is 1.28. The second kappa shape index (κ2) is 7.91. The van der Waals surface area contributed by atoms with E-state index in [1.165, 1.54) is 14.2 Å². The molecule has 6 nitrogen and oxygen atoms in total. The molecule has 0 saturated carbocycles. The minimum Gasteiger partial charge on any atom is -0.497 e. The Morgan fingerprint density at radius 1 is 0.923 bits per heavy atom. The second-order valence-electron chi connectivity index (χ2n) is 5.86. The van der Waals surface area contributed by atoms with E-state index in [0.717, 1.165) is 41.9 Å². The molecule has 0 heterocycles. The lowest BCUT2D eigenvalue weighted by atomic mass is 9.90. The van der Waals surface area contributed by atoms with Crippen molar-refractivity contribution < 1.29 is 23.8 Å². The van der Waals surface area contributed by atoms with E-state index in [2.05, 4.69) is 5.16 Å². The van der Waals surface area contributed by atoms with E-state index in [4.69, 9.17) is 19.0 Å². The van der Waals surface area contributed by atoms with Gasteiger partial charge in [0.2, 0.25) is 0 Å². The average Bonchev–Trinajstić information content (AvgIpc) is 2.70. The Hall–Kier alpha value is -3.02. The molecular formula is C20H21NO5. The maximum Gasteiger partial charge on any atom is 0.365 e. The van der Waals surface area contributed by atoms with Crippen LogP contribution >= 0.6 is 0 Å². The number of hydrogen-bond acceptors (Lipinski definition) is 6.